The average molecular weight is 317 g/mol. The zero-order chi connectivity index (χ0) is 15.9. The van der Waals surface area contributed by atoms with Crippen LogP contribution in [0.15, 0.2) is 41.2 Å². The van der Waals surface area contributed by atoms with E-state index in [2.05, 4.69) is 4.98 Å². The van der Waals surface area contributed by atoms with E-state index in [0.29, 0.717) is 22.2 Å². The van der Waals surface area contributed by atoms with Crippen LogP contribution in [0.2, 0.25) is 5.02 Å². The Morgan fingerprint density at radius 2 is 1.91 bits per heavy atom. The molecule has 0 unspecified atom stereocenters. The van der Waals surface area contributed by atoms with E-state index in [9.17, 15) is 13.6 Å². The molecule has 3 nitrogen and oxygen atoms in total. The minimum absolute atomic E-state index is 0.0891. The Hall–Kier alpha value is -2.71. The van der Waals surface area contributed by atoms with Crippen LogP contribution in [0.25, 0.3) is 22.2 Å². The molecule has 22 heavy (non-hydrogen) atoms. The lowest BCUT2D eigenvalue weighted by molar-refractivity contribution is 0.590. The smallest absolute Gasteiger partial charge is 0.190 e. The molecule has 1 heterocycles. The van der Waals surface area contributed by atoms with E-state index < -0.39 is 17.1 Å². The van der Waals surface area contributed by atoms with Gasteiger partial charge in [0.15, 0.2) is 5.43 Å². The molecule has 2 aromatic carbocycles. The van der Waals surface area contributed by atoms with Gasteiger partial charge in [0, 0.05) is 22.7 Å². The van der Waals surface area contributed by atoms with Gasteiger partial charge in [0.25, 0.3) is 0 Å². The SMILES string of the molecule is N#Cc1ccc(Cl)c(-c2cc(=O)c3cc(F)cc(F)c3[nH]2)c1. The molecule has 0 atom stereocenters. The lowest BCUT2D eigenvalue weighted by Gasteiger charge is -2.08. The molecule has 0 spiro atoms. The molecule has 6 heteroatoms. The van der Waals surface area contributed by atoms with Crippen LogP contribution >= 0.6 is 11.6 Å². The summed E-state index contributed by atoms with van der Waals surface area (Å²) in [5, 5.41) is 9.15. The van der Waals surface area contributed by atoms with Crippen molar-refractivity contribution in [3.8, 4) is 17.3 Å². The van der Waals surface area contributed by atoms with Gasteiger partial charge in [-0.05, 0) is 24.3 Å². The summed E-state index contributed by atoms with van der Waals surface area (Å²) < 4.78 is 27.1. The highest BCUT2D eigenvalue weighted by Gasteiger charge is 2.12. The van der Waals surface area contributed by atoms with E-state index in [1.54, 1.807) is 0 Å². The molecule has 0 aliphatic rings. The first kappa shape index (κ1) is 14.2. The third-order valence-corrected chi connectivity index (χ3v) is 3.57. The summed E-state index contributed by atoms with van der Waals surface area (Å²) in [6.45, 7) is 0. The largest absolute Gasteiger partial charge is 0.352 e. The summed E-state index contributed by atoms with van der Waals surface area (Å²) in [6.07, 6.45) is 0. The van der Waals surface area contributed by atoms with Gasteiger partial charge in [0.2, 0.25) is 0 Å². The average Bonchev–Trinajstić information content (AvgIpc) is 2.48. The van der Waals surface area contributed by atoms with Crippen molar-refractivity contribution in [3.63, 3.8) is 0 Å². The normalized spacial score (nSPS) is 10.6. The quantitative estimate of drug-likeness (QED) is 0.737. The lowest BCUT2D eigenvalue weighted by atomic mass is 10.1. The van der Waals surface area contributed by atoms with Gasteiger partial charge in [-0.2, -0.15) is 5.26 Å². The lowest BCUT2D eigenvalue weighted by Crippen LogP contribution is -2.05. The van der Waals surface area contributed by atoms with Crippen LogP contribution < -0.4 is 5.43 Å². The maximum atomic E-state index is 13.9. The van der Waals surface area contributed by atoms with Crippen LogP contribution in [-0.2, 0) is 0 Å². The number of H-pyrrole nitrogens is 1. The first-order valence-electron chi connectivity index (χ1n) is 6.21. The number of nitrogens with one attached hydrogen (secondary N) is 1. The number of aromatic nitrogens is 1. The zero-order valence-electron chi connectivity index (χ0n) is 11.0. The second-order valence-electron chi connectivity index (χ2n) is 4.66. The van der Waals surface area contributed by atoms with Crippen LogP contribution in [-0.4, -0.2) is 4.98 Å². The molecule has 0 bridgehead atoms. The highest BCUT2D eigenvalue weighted by molar-refractivity contribution is 6.33. The number of hydrogen-bond donors (Lipinski definition) is 1. The van der Waals surface area contributed by atoms with Gasteiger partial charge in [0.05, 0.1) is 28.2 Å². The minimum atomic E-state index is -0.874. The molecule has 0 saturated heterocycles. The van der Waals surface area contributed by atoms with Crippen LogP contribution in [0.1, 0.15) is 5.56 Å². The van der Waals surface area contributed by atoms with Crippen LogP contribution in [0, 0.1) is 23.0 Å². The summed E-state index contributed by atoms with van der Waals surface area (Å²) in [5.41, 5.74) is 0.344. The van der Waals surface area contributed by atoms with E-state index in [1.807, 2.05) is 6.07 Å². The predicted octanol–water partition coefficient (Wildman–Crippen LogP) is 4.00. The fraction of sp³-hybridized carbons (Fsp3) is 0. The number of rotatable bonds is 1. The molecule has 1 aromatic heterocycles. The van der Waals surface area contributed by atoms with Crippen molar-refractivity contribution in [3.05, 3.63) is 68.8 Å². The number of halogens is 3. The van der Waals surface area contributed by atoms with E-state index in [4.69, 9.17) is 16.9 Å². The maximum absolute atomic E-state index is 13.9. The number of fused-ring (bicyclic) bond motifs is 1. The number of hydrogen-bond acceptors (Lipinski definition) is 2. The van der Waals surface area contributed by atoms with E-state index in [0.717, 1.165) is 6.07 Å². The maximum Gasteiger partial charge on any atom is 0.190 e. The third-order valence-electron chi connectivity index (χ3n) is 3.24. The van der Waals surface area contributed by atoms with Crippen molar-refractivity contribution in [1.82, 2.24) is 4.98 Å². The highest BCUT2D eigenvalue weighted by Crippen LogP contribution is 2.28. The van der Waals surface area contributed by atoms with Crippen molar-refractivity contribution < 1.29 is 8.78 Å². The summed E-state index contributed by atoms with van der Waals surface area (Å²) in [6, 6.07) is 9.34. The van der Waals surface area contributed by atoms with Gasteiger partial charge < -0.3 is 4.98 Å². The molecular weight excluding hydrogens is 310 g/mol. The first-order chi connectivity index (χ1) is 10.5. The fourth-order valence-corrected chi connectivity index (χ4v) is 2.44. The van der Waals surface area contributed by atoms with Crippen molar-refractivity contribution >= 4 is 22.5 Å². The summed E-state index contributed by atoms with van der Waals surface area (Å²) in [7, 11) is 0. The second-order valence-corrected chi connectivity index (χ2v) is 5.07. The summed E-state index contributed by atoms with van der Waals surface area (Å²) >= 11 is 6.07. The van der Waals surface area contributed by atoms with Gasteiger partial charge in [-0.3, -0.25) is 4.79 Å². The molecule has 0 aliphatic carbocycles. The number of nitriles is 1. The van der Waals surface area contributed by atoms with Gasteiger partial charge in [-0.1, -0.05) is 11.6 Å². The Balaban J connectivity index is 2.34. The van der Waals surface area contributed by atoms with Crippen molar-refractivity contribution in [2.45, 2.75) is 0 Å². The van der Waals surface area contributed by atoms with E-state index >= 15 is 0 Å². The molecule has 0 aliphatic heterocycles. The highest BCUT2D eigenvalue weighted by atomic mass is 35.5. The van der Waals surface area contributed by atoms with Crippen molar-refractivity contribution in [2.24, 2.45) is 0 Å². The van der Waals surface area contributed by atoms with Gasteiger partial charge in [-0.15, -0.1) is 0 Å². The Labute approximate surface area is 128 Å². The Kier molecular flexibility index (Phi) is 3.39. The molecule has 3 aromatic rings. The molecule has 0 fully saturated rings. The number of aromatic amines is 1. The first-order valence-corrected chi connectivity index (χ1v) is 6.59. The van der Waals surface area contributed by atoms with Crippen LogP contribution in [0.5, 0.6) is 0 Å². The molecule has 3 rings (SSSR count). The molecule has 0 amide bonds. The van der Waals surface area contributed by atoms with Gasteiger partial charge in [-0.25, -0.2) is 8.78 Å². The second kappa shape index (κ2) is 5.24. The minimum Gasteiger partial charge on any atom is -0.352 e. The Morgan fingerprint density at radius 1 is 1.14 bits per heavy atom. The fourth-order valence-electron chi connectivity index (χ4n) is 2.22. The van der Waals surface area contributed by atoms with Crippen LogP contribution in [0.3, 0.4) is 0 Å². The van der Waals surface area contributed by atoms with E-state index in [-0.39, 0.29) is 16.6 Å². The van der Waals surface area contributed by atoms with E-state index in [1.165, 1.54) is 24.3 Å². The summed E-state index contributed by atoms with van der Waals surface area (Å²) in [4.78, 5) is 14.8. The monoisotopic (exact) mass is 316 g/mol. The van der Waals surface area contributed by atoms with Crippen LogP contribution in [0.4, 0.5) is 8.78 Å². The Morgan fingerprint density at radius 3 is 2.64 bits per heavy atom. The van der Waals surface area contributed by atoms with Crippen molar-refractivity contribution in [1.29, 1.82) is 5.26 Å². The molecular formula is C16H7ClF2N2O. The number of pyridine rings is 1. The van der Waals surface area contributed by atoms with Gasteiger partial charge in [0.1, 0.15) is 11.6 Å². The Bertz CT molecular complexity index is 1010. The topological polar surface area (TPSA) is 56.6 Å². The predicted molar refractivity (Wildman–Crippen MR) is 79.6 cm³/mol. The molecule has 1 N–H and O–H groups in total. The van der Waals surface area contributed by atoms with Crippen molar-refractivity contribution in [2.75, 3.05) is 0 Å². The number of benzene rings is 2. The third kappa shape index (κ3) is 2.34. The number of nitrogens with zero attached hydrogens (tertiary/aromatic N) is 1. The zero-order valence-corrected chi connectivity index (χ0v) is 11.7. The molecule has 0 radical (unpaired) electrons. The van der Waals surface area contributed by atoms with Gasteiger partial charge >= 0.3 is 0 Å². The standard InChI is InChI=1S/C16H7ClF2N2O/c17-12-2-1-8(7-20)3-10(12)14-6-15(22)11-4-9(18)5-13(19)16(11)21-14/h1-6H,(H,21,22). The molecule has 108 valence electrons. The molecule has 0 saturated carbocycles. The summed E-state index contributed by atoms with van der Waals surface area (Å²) in [5.74, 6) is -1.70.